The smallest absolute Gasteiger partial charge is 0.394 e. The van der Waals surface area contributed by atoms with E-state index in [1.165, 1.54) is 11.6 Å². The molecule has 0 N–H and O–H groups in total. The zero-order valence-electron chi connectivity index (χ0n) is 4.20. The number of rotatable bonds is 1. The Labute approximate surface area is 59.7 Å². The molecule has 0 spiro atoms. The van der Waals surface area contributed by atoms with E-state index in [9.17, 15) is 4.79 Å². The zero-order chi connectivity index (χ0) is 6.69. The molecule has 48 valence electrons. The third-order valence-electron chi connectivity index (χ3n) is 0.604. The van der Waals surface area contributed by atoms with Crippen molar-refractivity contribution in [3.8, 4) is 0 Å². The van der Waals surface area contributed by atoms with Crippen molar-refractivity contribution in [2.45, 2.75) is 0 Å². The SMILES string of the molecule is O=c1oc(/C=C/Cl)ns1. The number of halogens is 1. The molecule has 0 aliphatic heterocycles. The van der Waals surface area contributed by atoms with Gasteiger partial charge >= 0.3 is 4.94 Å². The summed E-state index contributed by atoms with van der Waals surface area (Å²) >= 11 is 5.93. The van der Waals surface area contributed by atoms with Crippen LogP contribution in [0.15, 0.2) is 14.7 Å². The van der Waals surface area contributed by atoms with Crippen LogP contribution in [0.4, 0.5) is 0 Å². The Hall–Kier alpha value is -0.610. The highest BCUT2D eigenvalue weighted by Crippen LogP contribution is 1.96. The standard InChI is InChI=1S/C4H2ClNO2S/c5-2-1-3-6-9-4(7)8-3/h1-2H/b2-1+. The predicted octanol–water partition coefficient (Wildman–Crippen LogP) is 1.31. The normalized spacial score (nSPS) is 10.8. The molecule has 1 heterocycles. The van der Waals surface area contributed by atoms with E-state index in [1.54, 1.807) is 0 Å². The lowest BCUT2D eigenvalue weighted by Gasteiger charge is -1.71. The Morgan fingerprint density at radius 1 is 1.78 bits per heavy atom. The van der Waals surface area contributed by atoms with Crippen LogP contribution in [0.2, 0.25) is 0 Å². The summed E-state index contributed by atoms with van der Waals surface area (Å²) in [7, 11) is 0. The molecule has 0 aliphatic carbocycles. The molecule has 3 nitrogen and oxygen atoms in total. The van der Waals surface area contributed by atoms with Gasteiger partial charge in [0.05, 0.1) is 11.5 Å². The molecule has 0 saturated carbocycles. The van der Waals surface area contributed by atoms with Gasteiger partial charge in [0.25, 0.3) is 0 Å². The lowest BCUT2D eigenvalue weighted by atomic mass is 10.7. The van der Waals surface area contributed by atoms with Crippen molar-refractivity contribution in [1.82, 2.24) is 4.37 Å². The van der Waals surface area contributed by atoms with Crippen LogP contribution < -0.4 is 4.94 Å². The van der Waals surface area contributed by atoms with E-state index in [1.807, 2.05) is 0 Å². The van der Waals surface area contributed by atoms with Gasteiger partial charge in [0, 0.05) is 11.6 Å². The molecular formula is C4H2ClNO2S. The van der Waals surface area contributed by atoms with E-state index in [-0.39, 0.29) is 5.89 Å². The zero-order valence-corrected chi connectivity index (χ0v) is 5.78. The van der Waals surface area contributed by atoms with Crippen LogP contribution in [0, 0.1) is 0 Å². The molecule has 1 aromatic heterocycles. The lowest BCUT2D eigenvalue weighted by molar-refractivity contribution is 0.516. The van der Waals surface area contributed by atoms with E-state index < -0.39 is 4.94 Å². The molecule has 0 atom stereocenters. The number of hydrogen-bond acceptors (Lipinski definition) is 4. The first-order valence-corrected chi connectivity index (χ1v) is 3.27. The summed E-state index contributed by atoms with van der Waals surface area (Å²) in [5.74, 6) is 0.250. The van der Waals surface area contributed by atoms with Crippen molar-refractivity contribution in [3.63, 3.8) is 0 Å². The van der Waals surface area contributed by atoms with E-state index >= 15 is 0 Å². The minimum Gasteiger partial charge on any atom is -0.394 e. The third-order valence-corrected chi connectivity index (χ3v) is 1.23. The summed E-state index contributed by atoms with van der Waals surface area (Å²) in [4.78, 5) is 9.86. The van der Waals surface area contributed by atoms with Gasteiger partial charge in [-0.25, -0.2) is 4.79 Å². The number of nitrogens with zero attached hydrogens (tertiary/aromatic N) is 1. The fraction of sp³-hybridized carbons (Fsp3) is 0. The average Bonchev–Trinajstić information content (AvgIpc) is 2.17. The second kappa shape index (κ2) is 2.80. The first kappa shape index (κ1) is 6.51. The topological polar surface area (TPSA) is 43.1 Å². The first-order valence-electron chi connectivity index (χ1n) is 2.06. The summed E-state index contributed by atoms with van der Waals surface area (Å²) in [5.41, 5.74) is 1.23. The fourth-order valence-electron chi connectivity index (χ4n) is 0.323. The highest BCUT2D eigenvalue weighted by molar-refractivity contribution is 7.02. The van der Waals surface area contributed by atoms with Gasteiger partial charge < -0.3 is 4.42 Å². The molecule has 0 unspecified atom stereocenters. The van der Waals surface area contributed by atoms with Crippen LogP contribution in [-0.2, 0) is 0 Å². The molecule has 1 aromatic rings. The lowest BCUT2D eigenvalue weighted by Crippen LogP contribution is -1.80. The molecule has 0 radical (unpaired) electrons. The van der Waals surface area contributed by atoms with Crippen molar-refractivity contribution in [3.05, 3.63) is 21.2 Å². The van der Waals surface area contributed by atoms with Crippen molar-refractivity contribution in [1.29, 1.82) is 0 Å². The van der Waals surface area contributed by atoms with Gasteiger partial charge in [-0.3, -0.25) is 0 Å². The van der Waals surface area contributed by atoms with E-state index in [0.717, 1.165) is 11.5 Å². The van der Waals surface area contributed by atoms with Crippen LogP contribution in [0.3, 0.4) is 0 Å². The molecule has 0 amide bonds. The maximum absolute atomic E-state index is 10.3. The second-order valence-corrected chi connectivity index (χ2v) is 2.12. The molecule has 1 rings (SSSR count). The molecule has 0 bridgehead atoms. The third kappa shape index (κ3) is 1.65. The molecule has 9 heavy (non-hydrogen) atoms. The Morgan fingerprint density at radius 3 is 3.00 bits per heavy atom. The van der Waals surface area contributed by atoms with Crippen molar-refractivity contribution in [2.75, 3.05) is 0 Å². The van der Waals surface area contributed by atoms with Crippen LogP contribution in [0.1, 0.15) is 5.89 Å². The van der Waals surface area contributed by atoms with Crippen LogP contribution >= 0.6 is 23.1 Å². The highest BCUT2D eigenvalue weighted by atomic mass is 35.5. The maximum Gasteiger partial charge on any atom is 0.414 e. The maximum atomic E-state index is 10.3. The number of aromatic nitrogens is 1. The summed E-state index contributed by atoms with van der Waals surface area (Å²) in [5, 5.41) is 0. The molecule has 0 fully saturated rings. The summed E-state index contributed by atoms with van der Waals surface area (Å²) < 4.78 is 8.10. The van der Waals surface area contributed by atoms with Crippen LogP contribution in [-0.4, -0.2) is 4.37 Å². The fourth-order valence-corrected chi connectivity index (χ4v) is 0.816. The highest BCUT2D eigenvalue weighted by Gasteiger charge is 1.93. The average molecular weight is 164 g/mol. The molecule has 0 saturated heterocycles. The Bertz CT molecular complexity index is 264. The van der Waals surface area contributed by atoms with Gasteiger partial charge in [0.1, 0.15) is 0 Å². The molecule has 5 heteroatoms. The van der Waals surface area contributed by atoms with Gasteiger partial charge in [0.2, 0.25) is 5.89 Å². The minimum atomic E-state index is -0.417. The van der Waals surface area contributed by atoms with Gasteiger partial charge in [-0.1, -0.05) is 11.6 Å². The van der Waals surface area contributed by atoms with Gasteiger partial charge in [-0.2, -0.15) is 0 Å². The molecule has 0 aromatic carbocycles. The summed E-state index contributed by atoms with van der Waals surface area (Å²) in [6, 6.07) is 0. The minimum absolute atomic E-state index is 0.250. The second-order valence-electron chi connectivity index (χ2n) is 1.17. The van der Waals surface area contributed by atoms with Gasteiger partial charge in [0.15, 0.2) is 0 Å². The quantitative estimate of drug-likeness (QED) is 0.627. The Balaban J connectivity index is 2.98. The van der Waals surface area contributed by atoms with Crippen LogP contribution in [0.5, 0.6) is 0 Å². The van der Waals surface area contributed by atoms with Gasteiger partial charge in [-0.15, -0.1) is 4.37 Å². The van der Waals surface area contributed by atoms with E-state index in [4.69, 9.17) is 11.6 Å². The first-order chi connectivity index (χ1) is 4.33. The van der Waals surface area contributed by atoms with Crippen molar-refractivity contribution in [2.24, 2.45) is 0 Å². The predicted molar refractivity (Wildman–Crippen MR) is 35.5 cm³/mol. The Kier molecular flexibility index (Phi) is 2.02. The van der Waals surface area contributed by atoms with Crippen LogP contribution in [0.25, 0.3) is 6.08 Å². The largest absolute Gasteiger partial charge is 0.414 e. The van der Waals surface area contributed by atoms with Crippen molar-refractivity contribution < 1.29 is 4.42 Å². The summed E-state index contributed by atoms with van der Waals surface area (Å²) in [6.45, 7) is 0. The monoisotopic (exact) mass is 163 g/mol. The number of hydrogen-bond donors (Lipinski definition) is 0. The van der Waals surface area contributed by atoms with E-state index in [0.29, 0.717) is 0 Å². The van der Waals surface area contributed by atoms with Crippen molar-refractivity contribution >= 4 is 29.2 Å². The summed E-state index contributed by atoms with van der Waals surface area (Å²) in [6.07, 6.45) is 1.40. The molecular weight excluding hydrogens is 162 g/mol. The molecule has 0 aliphatic rings. The Morgan fingerprint density at radius 2 is 2.56 bits per heavy atom. The van der Waals surface area contributed by atoms with Gasteiger partial charge in [-0.05, 0) is 0 Å². The van der Waals surface area contributed by atoms with E-state index in [2.05, 4.69) is 8.79 Å².